The van der Waals surface area contributed by atoms with E-state index in [0.29, 0.717) is 17.4 Å². The molecular weight excluding hydrogens is 272 g/mol. The average Bonchev–Trinajstić information content (AvgIpc) is 2.47. The van der Waals surface area contributed by atoms with E-state index in [9.17, 15) is 0 Å². The first-order valence-electron chi connectivity index (χ1n) is 6.77. The molecule has 0 spiro atoms. The quantitative estimate of drug-likeness (QED) is 0.854. The Labute approximate surface area is 124 Å². The molecule has 1 aromatic heterocycles. The van der Waals surface area contributed by atoms with Gasteiger partial charge >= 0.3 is 0 Å². The largest absolute Gasteiger partial charge is 0.487 e. The molecule has 0 saturated heterocycles. The van der Waals surface area contributed by atoms with Gasteiger partial charge in [0.05, 0.1) is 5.02 Å². The Morgan fingerprint density at radius 3 is 2.80 bits per heavy atom. The van der Waals surface area contributed by atoms with E-state index in [0.717, 1.165) is 29.9 Å². The predicted octanol–water partition coefficient (Wildman–Crippen LogP) is 4.44. The van der Waals surface area contributed by atoms with Crippen LogP contribution in [-0.4, -0.2) is 11.5 Å². The van der Waals surface area contributed by atoms with Crippen molar-refractivity contribution in [3.63, 3.8) is 0 Å². The molecule has 0 aliphatic rings. The SMILES string of the molecule is CCCNc1ccc(COc2cc(C)ccc2Cl)cn1. The van der Waals surface area contributed by atoms with E-state index < -0.39 is 0 Å². The van der Waals surface area contributed by atoms with Crippen LogP contribution < -0.4 is 10.1 Å². The molecule has 1 aromatic carbocycles. The smallest absolute Gasteiger partial charge is 0.138 e. The van der Waals surface area contributed by atoms with E-state index in [1.54, 1.807) is 0 Å². The van der Waals surface area contributed by atoms with Crippen molar-refractivity contribution in [2.75, 3.05) is 11.9 Å². The van der Waals surface area contributed by atoms with Gasteiger partial charge in [0.1, 0.15) is 18.2 Å². The normalized spacial score (nSPS) is 10.3. The molecule has 0 saturated carbocycles. The van der Waals surface area contributed by atoms with E-state index in [-0.39, 0.29) is 0 Å². The zero-order valence-electron chi connectivity index (χ0n) is 11.8. The first kappa shape index (κ1) is 14.7. The molecule has 3 nitrogen and oxygen atoms in total. The van der Waals surface area contributed by atoms with Gasteiger partial charge in [0.2, 0.25) is 0 Å². The number of aryl methyl sites for hydroxylation is 1. The summed E-state index contributed by atoms with van der Waals surface area (Å²) in [4.78, 5) is 4.34. The molecule has 0 bridgehead atoms. The van der Waals surface area contributed by atoms with Gasteiger partial charge in [0, 0.05) is 18.3 Å². The summed E-state index contributed by atoms with van der Waals surface area (Å²) in [6.45, 7) is 5.53. The topological polar surface area (TPSA) is 34.1 Å². The minimum atomic E-state index is 0.463. The van der Waals surface area contributed by atoms with Crippen LogP contribution in [0.5, 0.6) is 5.75 Å². The number of anilines is 1. The summed E-state index contributed by atoms with van der Waals surface area (Å²) < 4.78 is 5.73. The molecule has 0 unspecified atom stereocenters. The van der Waals surface area contributed by atoms with Gasteiger partial charge in [-0.15, -0.1) is 0 Å². The van der Waals surface area contributed by atoms with Crippen LogP contribution in [0.4, 0.5) is 5.82 Å². The van der Waals surface area contributed by atoms with Gasteiger partial charge in [0.25, 0.3) is 0 Å². The van der Waals surface area contributed by atoms with Gasteiger partial charge in [-0.1, -0.05) is 30.7 Å². The number of benzene rings is 1. The van der Waals surface area contributed by atoms with Gasteiger partial charge in [0.15, 0.2) is 0 Å². The van der Waals surface area contributed by atoms with Crippen LogP contribution in [0, 0.1) is 6.92 Å². The lowest BCUT2D eigenvalue weighted by atomic mass is 10.2. The van der Waals surface area contributed by atoms with E-state index in [1.165, 1.54) is 0 Å². The van der Waals surface area contributed by atoms with E-state index in [4.69, 9.17) is 16.3 Å². The zero-order valence-corrected chi connectivity index (χ0v) is 12.6. The maximum atomic E-state index is 6.09. The number of hydrogen-bond acceptors (Lipinski definition) is 3. The Kier molecular flexibility index (Phi) is 5.24. The van der Waals surface area contributed by atoms with Crippen LogP contribution in [-0.2, 0) is 6.61 Å². The maximum absolute atomic E-state index is 6.09. The van der Waals surface area contributed by atoms with Crippen LogP contribution >= 0.6 is 11.6 Å². The third-order valence-electron chi connectivity index (χ3n) is 2.86. The molecule has 2 rings (SSSR count). The number of rotatable bonds is 6. The summed E-state index contributed by atoms with van der Waals surface area (Å²) in [5.41, 5.74) is 2.14. The number of ether oxygens (including phenoxy) is 1. The maximum Gasteiger partial charge on any atom is 0.138 e. The highest BCUT2D eigenvalue weighted by molar-refractivity contribution is 6.32. The summed E-state index contributed by atoms with van der Waals surface area (Å²) in [5, 5.41) is 3.87. The molecule has 0 radical (unpaired) electrons. The Hall–Kier alpha value is -1.74. The molecule has 4 heteroatoms. The highest BCUT2D eigenvalue weighted by Crippen LogP contribution is 2.26. The molecule has 0 amide bonds. The molecular formula is C16H19ClN2O. The van der Waals surface area contributed by atoms with E-state index >= 15 is 0 Å². The third kappa shape index (κ3) is 4.14. The fraction of sp³-hybridized carbons (Fsp3) is 0.312. The Morgan fingerprint density at radius 1 is 1.25 bits per heavy atom. The predicted molar refractivity (Wildman–Crippen MR) is 83.5 cm³/mol. The molecule has 1 N–H and O–H groups in total. The highest BCUT2D eigenvalue weighted by Gasteiger charge is 2.03. The van der Waals surface area contributed by atoms with Crippen molar-refractivity contribution in [3.8, 4) is 5.75 Å². The number of nitrogens with one attached hydrogen (secondary N) is 1. The molecule has 1 heterocycles. The van der Waals surface area contributed by atoms with Gasteiger partial charge in [-0.05, 0) is 37.1 Å². The van der Waals surface area contributed by atoms with Crippen molar-refractivity contribution >= 4 is 17.4 Å². The first-order valence-corrected chi connectivity index (χ1v) is 7.14. The summed E-state index contributed by atoms with van der Waals surface area (Å²) in [6.07, 6.45) is 2.90. The Morgan fingerprint density at radius 2 is 2.10 bits per heavy atom. The number of halogens is 1. The van der Waals surface area contributed by atoms with Gasteiger partial charge in [-0.25, -0.2) is 4.98 Å². The first-order chi connectivity index (χ1) is 9.69. The number of aromatic nitrogens is 1. The van der Waals surface area contributed by atoms with Crippen LogP contribution in [0.3, 0.4) is 0 Å². The summed E-state index contributed by atoms with van der Waals surface area (Å²) >= 11 is 6.09. The minimum absolute atomic E-state index is 0.463. The number of pyridine rings is 1. The standard InChI is InChI=1S/C16H19ClN2O/c1-3-8-18-16-7-5-13(10-19-16)11-20-15-9-12(2)4-6-14(15)17/h4-7,9-10H,3,8,11H2,1-2H3,(H,18,19). The highest BCUT2D eigenvalue weighted by atomic mass is 35.5. The molecule has 20 heavy (non-hydrogen) atoms. The van der Waals surface area contributed by atoms with Gasteiger partial charge in [-0.2, -0.15) is 0 Å². The monoisotopic (exact) mass is 290 g/mol. The van der Waals surface area contributed by atoms with Crippen molar-refractivity contribution in [2.24, 2.45) is 0 Å². The average molecular weight is 291 g/mol. The minimum Gasteiger partial charge on any atom is -0.487 e. The molecule has 2 aromatic rings. The van der Waals surface area contributed by atoms with Crippen LogP contribution in [0.2, 0.25) is 5.02 Å². The second-order valence-corrected chi connectivity index (χ2v) is 5.11. The van der Waals surface area contributed by atoms with Crippen molar-refractivity contribution < 1.29 is 4.74 Å². The van der Waals surface area contributed by atoms with Gasteiger partial charge < -0.3 is 10.1 Å². The lowest BCUT2D eigenvalue weighted by Crippen LogP contribution is -2.03. The van der Waals surface area contributed by atoms with E-state index in [2.05, 4.69) is 17.2 Å². The zero-order chi connectivity index (χ0) is 14.4. The lowest BCUT2D eigenvalue weighted by Gasteiger charge is -2.09. The van der Waals surface area contributed by atoms with Gasteiger partial charge in [-0.3, -0.25) is 0 Å². The molecule has 0 atom stereocenters. The van der Waals surface area contributed by atoms with E-state index in [1.807, 2.05) is 43.5 Å². The fourth-order valence-corrected chi connectivity index (χ4v) is 1.92. The molecule has 0 aliphatic carbocycles. The Bertz CT molecular complexity index is 555. The second-order valence-electron chi connectivity index (χ2n) is 4.70. The van der Waals surface area contributed by atoms with Crippen molar-refractivity contribution in [2.45, 2.75) is 26.9 Å². The summed E-state index contributed by atoms with van der Waals surface area (Å²) in [6, 6.07) is 9.72. The van der Waals surface area contributed by atoms with Crippen molar-refractivity contribution in [1.29, 1.82) is 0 Å². The fourth-order valence-electron chi connectivity index (χ4n) is 1.75. The summed E-state index contributed by atoms with van der Waals surface area (Å²) in [7, 11) is 0. The van der Waals surface area contributed by atoms with Crippen LogP contribution in [0.15, 0.2) is 36.5 Å². The van der Waals surface area contributed by atoms with Crippen LogP contribution in [0.25, 0.3) is 0 Å². The lowest BCUT2D eigenvalue weighted by molar-refractivity contribution is 0.306. The van der Waals surface area contributed by atoms with Crippen molar-refractivity contribution in [1.82, 2.24) is 4.98 Å². The Balaban J connectivity index is 1.95. The molecule has 106 valence electrons. The van der Waals surface area contributed by atoms with Crippen LogP contribution in [0.1, 0.15) is 24.5 Å². The molecule has 0 fully saturated rings. The number of nitrogens with zero attached hydrogens (tertiary/aromatic N) is 1. The second kappa shape index (κ2) is 7.15. The third-order valence-corrected chi connectivity index (χ3v) is 3.17. The summed E-state index contributed by atoms with van der Waals surface area (Å²) in [5.74, 6) is 1.60. The van der Waals surface area contributed by atoms with Crippen molar-refractivity contribution in [3.05, 3.63) is 52.7 Å². The number of hydrogen-bond donors (Lipinski definition) is 1. The molecule has 0 aliphatic heterocycles.